The summed E-state index contributed by atoms with van der Waals surface area (Å²) in [4.78, 5) is 11.1. The fourth-order valence-electron chi connectivity index (χ4n) is 4.43. The molecular formula is C34H41NO5. The molecule has 3 aromatic rings. The molecule has 0 saturated carbocycles. The Bertz CT molecular complexity index is 1350. The first-order chi connectivity index (χ1) is 19.2. The van der Waals surface area contributed by atoms with Gasteiger partial charge in [0.2, 0.25) is 0 Å². The van der Waals surface area contributed by atoms with Gasteiger partial charge in [0, 0.05) is 24.8 Å². The van der Waals surface area contributed by atoms with Crippen molar-refractivity contribution in [2.24, 2.45) is 0 Å². The van der Waals surface area contributed by atoms with Crippen LogP contribution in [-0.2, 0) is 20.7 Å². The molecule has 0 saturated heterocycles. The van der Waals surface area contributed by atoms with E-state index in [-0.39, 0.29) is 18.2 Å². The highest BCUT2D eigenvalue weighted by atomic mass is 16.5. The summed E-state index contributed by atoms with van der Waals surface area (Å²) in [5.41, 5.74) is 2.83. The monoisotopic (exact) mass is 543 g/mol. The van der Waals surface area contributed by atoms with Crippen LogP contribution in [0.15, 0.2) is 96.3 Å². The molecular weight excluding hydrogens is 502 g/mol. The van der Waals surface area contributed by atoms with E-state index in [0.29, 0.717) is 24.7 Å². The third kappa shape index (κ3) is 9.91. The summed E-state index contributed by atoms with van der Waals surface area (Å²) in [6, 6.07) is 22.4. The number of β-amino-alcohol motifs (C(OH)–C–C–N with tert-alkyl or cyclic N) is 1. The third-order valence-electron chi connectivity index (χ3n) is 6.50. The number of rotatable bonds is 15. The fourth-order valence-corrected chi connectivity index (χ4v) is 4.43. The minimum Gasteiger partial charge on any atom is -0.456 e. The molecule has 0 fully saturated rings. The van der Waals surface area contributed by atoms with E-state index in [2.05, 4.69) is 55.6 Å². The van der Waals surface area contributed by atoms with Crippen LogP contribution >= 0.6 is 0 Å². The number of allylic oxidation sites excluding steroid dienone is 3. The summed E-state index contributed by atoms with van der Waals surface area (Å²) < 4.78 is 17.2. The first kappa shape index (κ1) is 31.0. The zero-order valence-electron chi connectivity index (χ0n) is 24.1. The Kier molecular flexibility index (Phi) is 11.9. The Morgan fingerprint density at radius 1 is 1.05 bits per heavy atom. The molecule has 6 heteroatoms. The van der Waals surface area contributed by atoms with Gasteiger partial charge in [-0.05, 0) is 68.2 Å². The number of hydrogen-bond acceptors (Lipinski definition) is 6. The predicted octanol–water partition coefficient (Wildman–Crippen LogP) is 6.13. The lowest BCUT2D eigenvalue weighted by Crippen LogP contribution is -2.46. The van der Waals surface area contributed by atoms with Gasteiger partial charge in [-0.25, -0.2) is 4.79 Å². The summed E-state index contributed by atoms with van der Waals surface area (Å²) >= 11 is 0. The van der Waals surface area contributed by atoms with Crippen LogP contribution in [0.1, 0.15) is 44.9 Å². The zero-order chi connectivity index (χ0) is 29.0. The lowest BCUT2D eigenvalue weighted by atomic mass is 9.93. The molecule has 0 aliphatic rings. The standard InChI is InChI=1S/C34H41NO5/c1-25(23-38-5)14-17-31(18-19-36)40-33-13-9-8-12-32(33)26(2)39-24-30(37)22-35-34(3,4)21-27-15-16-28-10-6-7-11-29(28)20-27/h6-18,20,26,30,35,37H,21-24H2,1-5H3/b25-14+,31-17+/t26-,30-/m1/s1. The molecule has 3 rings (SSSR count). The van der Waals surface area contributed by atoms with Crippen LogP contribution in [0.3, 0.4) is 0 Å². The van der Waals surface area contributed by atoms with E-state index >= 15 is 0 Å². The fraction of sp³-hybridized carbons (Fsp3) is 0.353. The smallest absolute Gasteiger partial charge is 0.138 e. The van der Waals surface area contributed by atoms with Crippen LogP contribution in [0.25, 0.3) is 10.8 Å². The molecule has 0 bridgehead atoms. The quantitative estimate of drug-likeness (QED) is 0.136. The highest BCUT2D eigenvalue weighted by molar-refractivity contribution is 5.83. The van der Waals surface area contributed by atoms with Crippen molar-refractivity contribution in [3.63, 3.8) is 0 Å². The van der Waals surface area contributed by atoms with Crippen molar-refractivity contribution in [2.75, 3.05) is 26.9 Å². The first-order valence-electron chi connectivity index (χ1n) is 13.6. The van der Waals surface area contributed by atoms with Crippen molar-refractivity contribution in [3.8, 4) is 5.75 Å². The molecule has 3 aromatic carbocycles. The second kappa shape index (κ2) is 15.3. The van der Waals surface area contributed by atoms with Gasteiger partial charge in [-0.3, -0.25) is 0 Å². The maximum atomic E-state index is 11.1. The molecule has 6 nitrogen and oxygen atoms in total. The summed E-state index contributed by atoms with van der Waals surface area (Å²) in [7, 11) is 1.63. The van der Waals surface area contributed by atoms with Crippen molar-refractivity contribution in [1.82, 2.24) is 5.32 Å². The van der Waals surface area contributed by atoms with Gasteiger partial charge in [0.15, 0.2) is 0 Å². The maximum absolute atomic E-state index is 11.1. The zero-order valence-corrected chi connectivity index (χ0v) is 24.1. The Hall–Kier alpha value is -3.51. The third-order valence-corrected chi connectivity index (χ3v) is 6.50. The second-order valence-corrected chi connectivity index (χ2v) is 10.7. The number of aliphatic hydroxyl groups is 1. The summed E-state index contributed by atoms with van der Waals surface area (Å²) in [6.07, 6.45) is 4.58. The highest BCUT2D eigenvalue weighted by Crippen LogP contribution is 2.29. The number of carbonyl (C=O) groups excluding carboxylic acids is 1. The Morgan fingerprint density at radius 3 is 2.52 bits per heavy atom. The average molecular weight is 544 g/mol. The van der Waals surface area contributed by atoms with Gasteiger partial charge < -0.3 is 24.6 Å². The largest absolute Gasteiger partial charge is 0.456 e. The molecule has 0 aliphatic carbocycles. The van der Waals surface area contributed by atoms with E-state index in [9.17, 15) is 9.90 Å². The molecule has 2 atom stereocenters. The van der Waals surface area contributed by atoms with Gasteiger partial charge in [-0.15, -0.1) is 0 Å². The number of methoxy groups -OCH3 is 1. The molecule has 0 amide bonds. The molecule has 0 aliphatic heterocycles. The molecule has 40 heavy (non-hydrogen) atoms. The van der Waals surface area contributed by atoms with Crippen molar-refractivity contribution < 1.29 is 24.1 Å². The number of nitrogens with one attached hydrogen (secondary N) is 1. The number of para-hydroxylation sites is 1. The molecule has 0 aromatic heterocycles. The van der Waals surface area contributed by atoms with Gasteiger partial charge >= 0.3 is 0 Å². The lowest BCUT2D eigenvalue weighted by Gasteiger charge is -2.28. The molecule has 0 spiro atoms. The number of aliphatic hydroxyl groups excluding tert-OH is 1. The Balaban J connectivity index is 1.56. The van der Waals surface area contributed by atoms with Crippen molar-refractivity contribution in [1.29, 1.82) is 0 Å². The number of ether oxygens (including phenoxy) is 3. The number of fused-ring (bicyclic) bond motifs is 1. The van der Waals surface area contributed by atoms with Crippen LogP contribution < -0.4 is 10.1 Å². The van der Waals surface area contributed by atoms with Gasteiger partial charge in [0.1, 0.15) is 17.5 Å². The first-order valence-corrected chi connectivity index (χ1v) is 13.6. The van der Waals surface area contributed by atoms with Gasteiger partial charge in [0.25, 0.3) is 0 Å². The highest BCUT2D eigenvalue weighted by Gasteiger charge is 2.21. The van der Waals surface area contributed by atoms with Crippen molar-refractivity contribution in [3.05, 3.63) is 107 Å². The maximum Gasteiger partial charge on any atom is 0.138 e. The van der Waals surface area contributed by atoms with Crippen molar-refractivity contribution >= 4 is 16.7 Å². The average Bonchev–Trinajstić information content (AvgIpc) is 2.94. The predicted molar refractivity (Wildman–Crippen MR) is 161 cm³/mol. The molecule has 212 valence electrons. The van der Waals surface area contributed by atoms with Gasteiger partial charge in [-0.1, -0.05) is 66.7 Å². The van der Waals surface area contributed by atoms with E-state index in [0.717, 1.165) is 17.6 Å². The van der Waals surface area contributed by atoms with Crippen LogP contribution in [0.5, 0.6) is 5.75 Å². The number of hydrogen-bond donors (Lipinski definition) is 2. The SMILES string of the molecule is COC/C(C)=C/C=C(\C=C=O)Oc1ccccc1[C@@H](C)OC[C@H](O)CNC(C)(C)Cc1ccc2ccccc2c1. The summed E-state index contributed by atoms with van der Waals surface area (Å²) in [5, 5.41) is 16.6. The van der Waals surface area contributed by atoms with Gasteiger partial charge in [-0.2, -0.15) is 0 Å². The van der Waals surface area contributed by atoms with Crippen LogP contribution in [-0.4, -0.2) is 49.6 Å². The van der Waals surface area contributed by atoms with E-state index in [1.54, 1.807) is 19.1 Å². The van der Waals surface area contributed by atoms with E-state index in [1.165, 1.54) is 22.4 Å². The molecule has 2 N–H and O–H groups in total. The van der Waals surface area contributed by atoms with Crippen molar-refractivity contribution in [2.45, 2.75) is 51.9 Å². The lowest BCUT2D eigenvalue weighted by molar-refractivity contribution is -0.00487. The minimum atomic E-state index is -0.686. The summed E-state index contributed by atoms with van der Waals surface area (Å²) in [5.74, 6) is 2.70. The Morgan fingerprint density at radius 2 is 1.77 bits per heavy atom. The molecule has 0 radical (unpaired) electrons. The van der Waals surface area contributed by atoms with E-state index in [1.807, 2.05) is 50.3 Å². The molecule has 0 unspecified atom stereocenters. The van der Waals surface area contributed by atoms with E-state index < -0.39 is 6.10 Å². The molecule has 0 heterocycles. The second-order valence-electron chi connectivity index (χ2n) is 10.7. The normalized spacial score (nSPS) is 14.1. The van der Waals surface area contributed by atoms with Gasteiger partial charge in [0.05, 0.1) is 31.5 Å². The van der Waals surface area contributed by atoms with Crippen LogP contribution in [0.2, 0.25) is 0 Å². The minimum absolute atomic E-state index is 0.157. The van der Waals surface area contributed by atoms with Crippen LogP contribution in [0, 0.1) is 0 Å². The van der Waals surface area contributed by atoms with Crippen LogP contribution in [0.4, 0.5) is 0 Å². The van der Waals surface area contributed by atoms with E-state index in [4.69, 9.17) is 14.2 Å². The summed E-state index contributed by atoms with van der Waals surface area (Å²) in [6.45, 7) is 9.14. The number of benzene rings is 3. The topological polar surface area (TPSA) is 77.0 Å². The Labute approximate surface area is 238 Å².